The minimum atomic E-state index is -0.131. The molecule has 3 rings (SSSR count). The highest BCUT2D eigenvalue weighted by molar-refractivity contribution is 5.50. The van der Waals surface area contributed by atoms with Crippen LogP contribution < -0.4 is 9.47 Å². The standard InChI is InChI=1S/C20H18O5/c21-16-8-3-1-6-14(16)12-24-18-10-5-11-19(20(18)23)25-13-15-7-2-4-9-17(15)22/h1-11,21-23H,12-13H2. The van der Waals surface area contributed by atoms with Gasteiger partial charge in [-0.2, -0.15) is 0 Å². The van der Waals surface area contributed by atoms with Gasteiger partial charge in [-0.3, -0.25) is 0 Å². The Morgan fingerprint density at radius 3 is 1.44 bits per heavy atom. The van der Waals surface area contributed by atoms with E-state index in [1.54, 1.807) is 66.7 Å². The van der Waals surface area contributed by atoms with Crippen molar-refractivity contribution >= 4 is 0 Å². The smallest absolute Gasteiger partial charge is 0.200 e. The Morgan fingerprint density at radius 1 is 0.560 bits per heavy atom. The molecule has 0 aliphatic heterocycles. The molecule has 0 bridgehead atoms. The van der Waals surface area contributed by atoms with E-state index in [1.807, 2.05) is 0 Å². The van der Waals surface area contributed by atoms with Gasteiger partial charge >= 0.3 is 0 Å². The number of benzene rings is 3. The second-order valence-corrected chi connectivity index (χ2v) is 5.44. The maximum atomic E-state index is 10.3. The van der Waals surface area contributed by atoms with Crippen LogP contribution >= 0.6 is 0 Å². The van der Waals surface area contributed by atoms with Crippen molar-refractivity contribution in [2.75, 3.05) is 0 Å². The zero-order chi connectivity index (χ0) is 17.6. The molecule has 0 aromatic heterocycles. The fraction of sp³-hybridized carbons (Fsp3) is 0.100. The SMILES string of the molecule is Oc1ccccc1COc1cccc(OCc2ccccc2O)c1O. The highest BCUT2D eigenvalue weighted by atomic mass is 16.5. The third-order valence-electron chi connectivity index (χ3n) is 3.71. The second kappa shape index (κ2) is 7.49. The predicted octanol–water partition coefficient (Wildman–Crippen LogP) is 3.96. The van der Waals surface area contributed by atoms with E-state index in [1.165, 1.54) is 0 Å². The molecule has 0 aliphatic rings. The van der Waals surface area contributed by atoms with Crippen molar-refractivity contribution in [3.05, 3.63) is 77.9 Å². The summed E-state index contributed by atoms with van der Waals surface area (Å²) in [7, 11) is 0. The molecular weight excluding hydrogens is 320 g/mol. The van der Waals surface area contributed by atoms with Crippen molar-refractivity contribution in [2.24, 2.45) is 0 Å². The molecule has 3 aromatic carbocycles. The maximum Gasteiger partial charge on any atom is 0.200 e. The highest BCUT2D eigenvalue weighted by Gasteiger charge is 2.11. The van der Waals surface area contributed by atoms with Gasteiger partial charge in [0.1, 0.15) is 24.7 Å². The number of hydrogen-bond acceptors (Lipinski definition) is 5. The number of aromatic hydroxyl groups is 3. The predicted molar refractivity (Wildman–Crippen MR) is 93.0 cm³/mol. The molecule has 0 unspecified atom stereocenters. The lowest BCUT2D eigenvalue weighted by Crippen LogP contribution is -1.99. The molecule has 0 saturated carbocycles. The average molecular weight is 338 g/mol. The van der Waals surface area contributed by atoms with Crippen LogP contribution in [0.5, 0.6) is 28.7 Å². The number of hydrogen-bond donors (Lipinski definition) is 3. The Labute approximate surface area is 145 Å². The first-order chi connectivity index (χ1) is 12.1. The van der Waals surface area contributed by atoms with Crippen molar-refractivity contribution in [2.45, 2.75) is 13.2 Å². The molecule has 0 saturated heterocycles. The number of rotatable bonds is 6. The first kappa shape index (κ1) is 16.5. The quantitative estimate of drug-likeness (QED) is 0.634. The van der Waals surface area contributed by atoms with Crippen LogP contribution in [0.15, 0.2) is 66.7 Å². The van der Waals surface area contributed by atoms with Crippen molar-refractivity contribution < 1.29 is 24.8 Å². The number of ether oxygens (including phenoxy) is 2. The van der Waals surface area contributed by atoms with Gasteiger partial charge in [-0.15, -0.1) is 0 Å². The molecule has 0 aliphatic carbocycles. The zero-order valence-corrected chi connectivity index (χ0v) is 13.4. The Morgan fingerprint density at radius 2 is 1.00 bits per heavy atom. The van der Waals surface area contributed by atoms with E-state index in [0.717, 1.165) is 0 Å². The summed E-state index contributed by atoms with van der Waals surface area (Å²) in [6.07, 6.45) is 0. The summed E-state index contributed by atoms with van der Waals surface area (Å²) in [6, 6.07) is 18.6. The van der Waals surface area contributed by atoms with Crippen molar-refractivity contribution in [3.8, 4) is 28.7 Å². The molecule has 3 aromatic rings. The summed E-state index contributed by atoms with van der Waals surface area (Å²) in [5.41, 5.74) is 1.23. The average Bonchev–Trinajstić information content (AvgIpc) is 2.62. The van der Waals surface area contributed by atoms with Crippen molar-refractivity contribution in [3.63, 3.8) is 0 Å². The first-order valence-corrected chi connectivity index (χ1v) is 7.76. The van der Waals surface area contributed by atoms with Crippen LogP contribution in [0.4, 0.5) is 0 Å². The van der Waals surface area contributed by atoms with Gasteiger partial charge in [0.25, 0.3) is 0 Å². The van der Waals surface area contributed by atoms with E-state index in [9.17, 15) is 15.3 Å². The Balaban J connectivity index is 1.69. The molecule has 0 heterocycles. The third kappa shape index (κ3) is 3.95. The largest absolute Gasteiger partial charge is 0.508 e. The van der Waals surface area contributed by atoms with Crippen LogP contribution in [-0.4, -0.2) is 15.3 Å². The molecular formula is C20H18O5. The second-order valence-electron chi connectivity index (χ2n) is 5.44. The van der Waals surface area contributed by atoms with Crippen LogP contribution in [-0.2, 0) is 13.2 Å². The van der Waals surface area contributed by atoms with Gasteiger partial charge < -0.3 is 24.8 Å². The molecule has 0 fully saturated rings. The monoisotopic (exact) mass is 338 g/mol. The van der Waals surface area contributed by atoms with E-state index in [4.69, 9.17) is 9.47 Å². The first-order valence-electron chi connectivity index (χ1n) is 7.76. The fourth-order valence-corrected chi connectivity index (χ4v) is 2.31. The summed E-state index contributed by atoms with van der Waals surface area (Å²) >= 11 is 0. The van der Waals surface area contributed by atoms with Crippen molar-refractivity contribution in [1.82, 2.24) is 0 Å². The number of phenols is 3. The van der Waals surface area contributed by atoms with Crippen LogP contribution in [0.25, 0.3) is 0 Å². The number of phenolic OH excluding ortho intramolecular Hbond substituents is 3. The molecule has 5 heteroatoms. The molecule has 128 valence electrons. The lowest BCUT2D eigenvalue weighted by Gasteiger charge is -2.13. The lowest BCUT2D eigenvalue weighted by atomic mass is 10.2. The van der Waals surface area contributed by atoms with Gasteiger partial charge in [0, 0.05) is 11.1 Å². The van der Waals surface area contributed by atoms with E-state index >= 15 is 0 Å². The van der Waals surface area contributed by atoms with E-state index in [0.29, 0.717) is 11.1 Å². The van der Waals surface area contributed by atoms with Gasteiger partial charge in [-0.25, -0.2) is 0 Å². The van der Waals surface area contributed by atoms with Crippen LogP contribution in [0.1, 0.15) is 11.1 Å². The molecule has 0 amide bonds. The van der Waals surface area contributed by atoms with Gasteiger partial charge in [-0.1, -0.05) is 42.5 Å². The van der Waals surface area contributed by atoms with Crippen LogP contribution in [0.3, 0.4) is 0 Å². The summed E-state index contributed by atoms with van der Waals surface area (Å²) in [5.74, 6) is 0.632. The summed E-state index contributed by atoms with van der Waals surface area (Å²) in [4.78, 5) is 0. The van der Waals surface area contributed by atoms with E-state index < -0.39 is 0 Å². The topological polar surface area (TPSA) is 79.2 Å². The summed E-state index contributed by atoms with van der Waals surface area (Å²) < 4.78 is 11.2. The normalized spacial score (nSPS) is 10.4. The zero-order valence-electron chi connectivity index (χ0n) is 13.4. The summed E-state index contributed by atoms with van der Waals surface area (Å²) in [6.45, 7) is 0.228. The Kier molecular flexibility index (Phi) is 4.95. The maximum absolute atomic E-state index is 10.3. The molecule has 5 nitrogen and oxygen atoms in total. The fourth-order valence-electron chi connectivity index (χ4n) is 2.31. The van der Waals surface area contributed by atoms with Gasteiger partial charge in [0.2, 0.25) is 5.75 Å². The minimum absolute atomic E-state index is 0.114. The van der Waals surface area contributed by atoms with Crippen LogP contribution in [0, 0.1) is 0 Å². The van der Waals surface area contributed by atoms with E-state index in [-0.39, 0.29) is 42.0 Å². The third-order valence-corrected chi connectivity index (χ3v) is 3.71. The van der Waals surface area contributed by atoms with Gasteiger partial charge in [0.15, 0.2) is 11.5 Å². The molecule has 0 spiro atoms. The highest BCUT2D eigenvalue weighted by Crippen LogP contribution is 2.37. The molecule has 0 radical (unpaired) electrons. The molecule has 25 heavy (non-hydrogen) atoms. The lowest BCUT2D eigenvalue weighted by molar-refractivity contribution is 0.258. The number of para-hydroxylation sites is 3. The van der Waals surface area contributed by atoms with E-state index in [2.05, 4.69) is 0 Å². The Bertz CT molecular complexity index is 792. The molecule has 0 atom stereocenters. The van der Waals surface area contributed by atoms with Gasteiger partial charge in [-0.05, 0) is 24.3 Å². The van der Waals surface area contributed by atoms with Gasteiger partial charge in [0.05, 0.1) is 0 Å². The Hall–Kier alpha value is -3.34. The van der Waals surface area contributed by atoms with Crippen LogP contribution in [0.2, 0.25) is 0 Å². The summed E-state index contributed by atoms with van der Waals surface area (Å²) in [5, 5.41) is 29.8. The van der Waals surface area contributed by atoms with Crippen molar-refractivity contribution in [1.29, 1.82) is 0 Å². The molecule has 3 N–H and O–H groups in total. The minimum Gasteiger partial charge on any atom is -0.508 e.